The van der Waals surface area contributed by atoms with Crippen LogP contribution >= 0.6 is 0 Å². The SMILES string of the molecule is CCCCC1C(=O)Nc2ccc(C(=O)c3ccccc3)cc21. The van der Waals surface area contributed by atoms with Gasteiger partial charge in [0.25, 0.3) is 0 Å². The Bertz CT molecular complexity index is 707. The maximum absolute atomic E-state index is 12.5. The summed E-state index contributed by atoms with van der Waals surface area (Å²) in [5.41, 5.74) is 3.11. The van der Waals surface area contributed by atoms with Crippen molar-refractivity contribution >= 4 is 17.4 Å². The van der Waals surface area contributed by atoms with E-state index in [1.54, 1.807) is 6.07 Å². The summed E-state index contributed by atoms with van der Waals surface area (Å²) in [6.07, 6.45) is 2.90. The second kappa shape index (κ2) is 6.14. The Morgan fingerprint density at radius 1 is 1.09 bits per heavy atom. The van der Waals surface area contributed by atoms with Crippen molar-refractivity contribution in [2.24, 2.45) is 0 Å². The predicted octanol–water partition coefficient (Wildman–Crippen LogP) is 4.14. The van der Waals surface area contributed by atoms with Crippen LogP contribution in [0.15, 0.2) is 48.5 Å². The van der Waals surface area contributed by atoms with Gasteiger partial charge in [0.1, 0.15) is 0 Å². The lowest BCUT2D eigenvalue weighted by Gasteiger charge is -2.09. The molecule has 3 rings (SSSR count). The molecule has 1 amide bonds. The third kappa shape index (κ3) is 2.67. The lowest BCUT2D eigenvalue weighted by atomic mass is 9.92. The number of hydrogen-bond acceptors (Lipinski definition) is 2. The van der Waals surface area contributed by atoms with Gasteiger partial charge in [-0.05, 0) is 30.2 Å². The summed E-state index contributed by atoms with van der Waals surface area (Å²) in [5, 5.41) is 2.91. The fourth-order valence-corrected chi connectivity index (χ4v) is 2.92. The fourth-order valence-electron chi connectivity index (χ4n) is 2.92. The molecule has 0 fully saturated rings. The average molecular weight is 293 g/mol. The second-order valence-corrected chi connectivity index (χ2v) is 5.68. The van der Waals surface area contributed by atoms with Crippen LogP contribution in [0.4, 0.5) is 5.69 Å². The zero-order valence-electron chi connectivity index (χ0n) is 12.6. The van der Waals surface area contributed by atoms with Crippen molar-refractivity contribution in [2.45, 2.75) is 32.1 Å². The molecule has 3 nitrogen and oxygen atoms in total. The largest absolute Gasteiger partial charge is 0.325 e. The standard InChI is InChI=1S/C19H19NO2/c1-2-3-9-15-16-12-14(10-11-17(16)20-19(15)22)18(21)13-7-5-4-6-8-13/h4-8,10-12,15H,2-3,9H2,1H3,(H,20,22). The monoisotopic (exact) mass is 293 g/mol. The summed E-state index contributed by atoms with van der Waals surface area (Å²) >= 11 is 0. The number of benzene rings is 2. The van der Waals surface area contributed by atoms with Crippen molar-refractivity contribution in [3.8, 4) is 0 Å². The maximum Gasteiger partial charge on any atom is 0.232 e. The predicted molar refractivity (Wildman–Crippen MR) is 87.2 cm³/mol. The lowest BCUT2D eigenvalue weighted by molar-refractivity contribution is -0.117. The van der Waals surface area contributed by atoms with Crippen molar-refractivity contribution in [1.82, 2.24) is 0 Å². The van der Waals surface area contributed by atoms with Gasteiger partial charge >= 0.3 is 0 Å². The molecule has 0 saturated heterocycles. The third-order valence-corrected chi connectivity index (χ3v) is 4.15. The van der Waals surface area contributed by atoms with Gasteiger partial charge in [-0.3, -0.25) is 9.59 Å². The number of fused-ring (bicyclic) bond motifs is 1. The van der Waals surface area contributed by atoms with E-state index in [-0.39, 0.29) is 17.6 Å². The van der Waals surface area contributed by atoms with Gasteiger partial charge in [0.2, 0.25) is 5.91 Å². The minimum atomic E-state index is -0.126. The van der Waals surface area contributed by atoms with Gasteiger partial charge < -0.3 is 5.32 Å². The maximum atomic E-state index is 12.5. The topological polar surface area (TPSA) is 46.2 Å². The van der Waals surface area contributed by atoms with E-state index < -0.39 is 0 Å². The lowest BCUT2D eigenvalue weighted by Crippen LogP contribution is -2.11. The van der Waals surface area contributed by atoms with Crippen LogP contribution < -0.4 is 5.32 Å². The molecular weight excluding hydrogens is 274 g/mol. The molecule has 1 unspecified atom stereocenters. The van der Waals surface area contributed by atoms with Crippen LogP contribution in [0.2, 0.25) is 0 Å². The van der Waals surface area contributed by atoms with Gasteiger partial charge in [0.05, 0.1) is 5.92 Å². The van der Waals surface area contributed by atoms with E-state index in [1.807, 2.05) is 42.5 Å². The molecule has 0 radical (unpaired) electrons. The molecule has 1 heterocycles. The highest BCUT2D eigenvalue weighted by Gasteiger charge is 2.30. The molecule has 0 spiro atoms. The van der Waals surface area contributed by atoms with Gasteiger partial charge in [-0.15, -0.1) is 0 Å². The first-order valence-electron chi connectivity index (χ1n) is 7.75. The molecule has 0 bridgehead atoms. The van der Waals surface area contributed by atoms with Gasteiger partial charge in [0.15, 0.2) is 5.78 Å². The van der Waals surface area contributed by atoms with E-state index >= 15 is 0 Å². The second-order valence-electron chi connectivity index (χ2n) is 5.68. The quantitative estimate of drug-likeness (QED) is 0.842. The Morgan fingerprint density at radius 2 is 1.86 bits per heavy atom. The van der Waals surface area contributed by atoms with E-state index in [9.17, 15) is 9.59 Å². The van der Waals surface area contributed by atoms with E-state index in [0.717, 1.165) is 30.5 Å². The van der Waals surface area contributed by atoms with Crippen LogP contribution in [0.3, 0.4) is 0 Å². The molecule has 0 saturated carbocycles. The minimum Gasteiger partial charge on any atom is -0.325 e. The molecule has 1 atom stereocenters. The number of amides is 1. The molecule has 1 aliphatic rings. The number of carbonyl (C=O) groups is 2. The number of nitrogens with one attached hydrogen (secondary N) is 1. The van der Waals surface area contributed by atoms with Crippen LogP contribution in [-0.4, -0.2) is 11.7 Å². The summed E-state index contributed by atoms with van der Waals surface area (Å²) in [6, 6.07) is 14.7. The van der Waals surface area contributed by atoms with E-state index in [4.69, 9.17) is 0 Å². The molecular formula is C19H19NO2. The normalized spacial score (nSPS) is 16.2. The van der Waals surface area contributed by atoms with Gasteiger partial charge in [-0.2, -0.15) is 0 Å². The molecule has 0 aromatic heterocycles. The molecule has 112 valence electrons. The molecule has 22 heavy (non-hydrogen) atoms. The summed E-state index contributed by atoms with van der Waals surface area (Å²) in [4.78, 5) is 24.6. The molecule has 1 N–H and O–H groups in total. The molecule has 1 aliphatic heterocycles. The van der Waals surface area contributed by atoms with Crippen molar-refractivity contribution in [1.29, 1.82) is 0 Å². The number of hydrogen-bond donors (Lipinski definition) is 1. The zero-order chi connectivity index (χ0) is 15.5. The smallest absolute Gasteiger partial charge is 0.232 e. The van der Waals surface area contributed by atoms with Gasteiger partial charge in [-0.25, -0.2) is 0 Å². The van der Waals surface area contributed by atoms with Crippen LogP contribution in [0, 0.1) is 0 Å². The third-order valence-electron chi connectivity index (χ3n) is 4.15. The van der Waals surface area contributed by atoms with Crippen LogP contribution in [-0.2, 0) is 4.79 Å². The van der Waals surface area contributed by atoms with Crippen molar-refractivity contribution < 1.29 is 9.59 Å². The van der Waals surface area contributed by atoms with Crippen molar-refractivity contribution in [2.75, 3.05) is 5.32 Å². The van der Waals surface area contributed by atoms with Gasteiger partial charge in [0, 0.05) is 16.8 Å². The molecule has 2 aromatic rings. The first-order chi connectivity index (χ1) is 10.7. The first-order valence-corrected chi connectivity index (χ1v) is 7.75. The summed E-state index contributed by atoms with van der Waals surface area (Å²) in [7, 11) is 0. The average Bonchev–Trinajstić information content (AvgIpc) is 2.87. The number of carbonyl (C=O) groups excluding carboxylic acids is 2. The number of ketones is 1. The Hall–Kier alpha value is -2.42. The van der Waals surface area contributed by atoms with E-state index in [1.165, 1.54) is 0 Å². The number of anilines is 1. The number of unbranched alkanes of at least 4 members (excludes halogenated alkanes) is 1. The number of rotatable bonds is 5. The highest BCUT2D eigenvalue weighted by atomic mass is 16.2. The highest BCUT2D eigenvalue weighted by Crippen LogP contribution is 2.36. The van der Waals surface area contributed by atoms with Crippen LogP contribution in [0.5, 0.6) is 0 Å². The Kier molecular flexibility index (Phi) is 4.05. The fraction of sp³-hybridized carbons (Fsp3) is 0.263. The van der Waals surface area contributed by atoms with Crippen LogP contribution in [0.25, 0.3) is 0 Å². The Labute approximate surface area is 130 Å². The van der Waals surface area contributed by atoms with Crippen molar-refractivity contribution in [3.63, 3.8) is 0 Å². The Balaban J connectivity index is 1.92. The highest BCUT2D eigenvalue weighted by molar-refractivity contribution is 6.10. The first kappa shape index (κ1) is 14.5. The van der Waals surface area contributed by atoms with Crippen molar-refractivity contribution in [3.05, 3.63) is 65.2 Å². The summed E-state index contributed by atoms with van der Waals surface area (Å²) in [6.45, 7) is 2.11. The van der Waals surface area contributed by atoms with E-state index in [0.29, 0.717) is 11.1 Å². The summed E-state index contributed by atoms with van der Waals surface area (Å²) < 4.78 is 0. The molecule has 0 aliphatic carbocycles. The zero-order valence-corrected chi connectivity index (χ0v) is 12.6. The van der Waals surface area contributed by atoms with E-state index in [2.05, 4.69) is 12.2 Å². The van der Waals surface area contributed by atoms with Gasteiger partial charge in [-0.1, -0.05) is 50.1 Å². The summed E-state index contributed by atoms with van der Waals surface area (Å²) in [5.74, 6) is -0.0803. The molecule has 2 aromatic carbocycles. The van der Waals surface area contributed by atoms with Crippen LogP contribution in [0.1, 0.15) is 53.6 Å². The minimum absolute atomic E-state index is 0.00279. The molecule has 3 heteroatoms. The Morgan fingerprint density at radius 3 is 2.59 bits per heavy atom.